The smallest absolute Gasteiger partial charge is 0.273 e. The highest BCUT2D eigenvalue weighted by Crippen LogP contribution is 2.27. The average Bonchev–Trinajstić information content (AvgIpc) is 2.69. The normalized spacial score (nSPS) is 10.5. The second kappa shape index (κ2) is 8.30. The Balaban J connectivity index is 1.80. The Kier molecular flexibility index (Phi) is 5.64. The molecule has 28 heavy (non-hydrogen) atoms. The number of non-ortho nitro benzene ring substituents is 1. The van der Waals surface area contributed by atoms with Gasteiger partial charge in [0.2, 0.25) is 5.88 Å². The molecule has 0 fully saturated rings. The molecule has 0 aliphatic rings. The third kappa shape index (κ3) is 4.50. The topological polar surface area (TPSA) is 94.4 Å². The van der Waals surface area contributed by atoms with Crippen molar-refractivity contribution >= 4 is 17.3 Å². The van der Waals surface area contributed by atoms with Gasteiger partial charge in [-0.3, -0.25) is 14.9 Å². The van der Waals surface area contributed by atoms with Crippen molar-refractivity contribution in [1.82, 2.24) is 4.98 Å². The third-order valence-corrected chi connectivity index (χ3v) is 4.09. The Morgan fingerprint density at radius 2 is 1.86 bits per heavy atom. The second-order valence-corrected chi connectivity index (χ2v) is 6.44. The maximum atomic E-state index is 12.7. The number of nitro benzene ring substituents is 1. The summed E-state index contributed by atoms with van der Waals surface area (Å²) in [7, 11) is 0. The molecule has 0 aliphatic carbocycles. The van der Waals surface area contributed by atoms with Gasteiger partial charge in [-0.05, 0) is 41.8 Å². The first-order chi connectivity index (χ1) is 13.4. The Morgan fingerprint density at radius 3 is 2.54 bits per heavy atom. The summed E-state index contributed by atoms with van der Waals surface area (Å²) in [4.78, 5) is 27.2. The molecule has 0 saturated carbocycles. The van der Waals surface area contributed by atoms with Gasteiger partial charge in [0.15, 0.2) is 0 Å². The molecule has 7 nitrogen and oxygen atoms in total. The Bertz CT molecular complexity index is 1000. The van der Waals surface area contributed by atoms with E-state index in [2.05, 4.69) is 24.1 Å². The molecule has 7 heteroatoms. The van der Waals surface area contributed by atoms with Crippen molar-refractivity contribution in [3.8, 4) is 11.6 Å². The zero-order valence-corrected chi connectivity index (χ0v) is 15.5. The molecule has 1 aromatic heterocycles. The van der Waals surface area contributed by atoms with Gasteiger partial charge >= 0.3 is 0 Å². The van der Waals surface area contributed by atoms with Crippen molar-refractivity contribution in [2.45, 2.75) is 19.8 Å². The number of benzene rings is 2. The lowest BCUT2D eigenvalue weighted by Crippen LogP contribution is -2.13. The first-order valence-electron chi connectivity index (χ1n) is 8.72. The summed E-state index contributed by atoms with van der Waals surface area (Å²) in [5.74, 6) is 0.311. The van der Waals surface area contributed by atoms with Gasteiger partial charge in [-0.2, -0.15) is 0 Å². The van der Waals surface area contributed by atoms with Crippen molar-refractivity contribution < 1.29 is 14.5 Å². The Labute approximate surface area is 162 Å². The van der Waals surface area contributed by atoms with Gasteiger partial charge in [-0.1, -0.05) is 32.0 Å². The van der Waals surface area contributed by atoms with Crippen LogP contribution in [0.4, 0.5) is 11.4 Å². The molecule has 0 radical (unpaired) electrons. The monoisotopic (exact) mass is 377 g/mol. The number of ether oxygens (including phenoxy) is 1. The molecule has 3 rings (SSSR count). The lowest BCUT2D eigenvalue weighted by Gasteiger charge is -2.11. The summed E-state index contributed by atoms with van der Waals surface area (Å²) < 4.78 is 5.63. The Hall–Kier alpha value is -3.74. The van der Waals surface area contributed by atoms with Crippen molar-refractivity contribution in [1.29, 1.82) is 0 Å². The SMILES string of the molecule is CC(C)c1ccc(NC(=O)c2cccnc2Oc2cccc([N+](=O)[O-])c2)cc1. The maximum Gasteiger partial charge on any atom is 0.273 e. The van der Waals surface area contributed by atoms with Gasteiger partial charge in [-0.25, -0.2) is 4.98 Å². The molecule has 3 aromatic rings. The first-order valence-corrected chi connectivity index (χ1v) is 8.72. The van der Waals surface area contributed by atoms with E-state index >= 15 is 0 Å². The van der Waals surface area contributed by atoms with Crippen molar-refractivity contribution in [3.05, 3.63) is 88.1 Å². The van der Waals surface area contributed by atoms with E-state index in [4.69, 9.17) is 4.74 Å². The first kappa shape index (κ1) is 19.0. The highest BCUT2D eigenvalue weighted by atomic mass is 16.6. The number of carbonyl (C=O) groups is 1. The summed E-state index contributed by atoms with van der Waals surface area (Å²) in [6, 6.07) is 16.5. The van der Waals surface area contributed by atoms with Crippen LogP contribution in [0.3, 0.4) is 0 Å². The highest BCUT2D eigenvalue weighted by Gasteiger charge is 2.16. The molecule has 0 bridgehead atoms. The molecule has 1 N–H and O–H groups in total. The number of anilines is 1. The zero-order chi connectivity index (χ0) is 20.1. The van der Waals surface area contributed by atoms with Gasteiger partial charge in [0.05, 0.1) is 11.0 Å². The highest BCUT2D eigenvalue weighted by molar-refractivity contribution is 6.05. The number of hydrogen-bond acceptors (Lipinski definition) is 5. The summed E-state index contributed by atoms with van der Waals surface area (Å²) in [5.41, 5.74) is 1.94. The van der Waals surface area contributed by atoms with Crippen LogP contribution < -0.4 is 10.1 Å². The van der Waals surface area contributed by atoms with Crippen LogP contribution >= 0.6 is 0 Å². The van der Waals surface area contributed by atoms with Crippen LogP contribution in [0.2, 0.25) is 0 Å². The van der Waals surface area contributed by atoms with Crippen molar-refractivity contribution in [2.75, 3.05) is 5.32 Å². The van der Waals surface area contributed by atoms with Crippen LogP contribution in [0.5, 0.6) is 11.6 Å². The number of hydrogen-bond donors (Lipinski definition) is 1. The van der Waals surface area contributed by atoms with Crippen molar-refractivity contribution in [2.24, 2.45) is 0 Å². The van der Waals surface area contributed by atoms with Crippen LogP contribution in [0, 0.1) is 10.1 Å². The summed E-state index contributed by atoms with van der Waals surface area (Å²) in [6.45, 7) is 4.20. The van der Waals surface area contributed by atoms with E-state index in [0.717, 1.165) is 0 Å². The molecule has 0 saturated heterocycles. The fourth-order valence-electron chi connectivity index (χ4n) is 2.57. The molecule has 142 valence electrons. The molecule has 2 aromatic carbocycles. The number of pyridine rings is 1. The number of carbonyl (C=O) groups excluding carboxylic acids is 1. The average molecular weight is 377 g/mol. The maximum absolute atomic E-state index is 12.7. The van der Waals surface area contributed by atoms with Crippen LogP contribution in [0.1, 0.15) is 35.7 Å². The number of aromatic nitrogens is 1. The van der Waals surface area contributed by atoms with Gasteiger partial charge in [-0.15, -0.1) is 0 Å². The lowest BCUT2D eigenvalue weighted by molar-refractivity contribution is -0.384. The van der Waals surface area contributed by atoms with Gasteiger partial charge < -0.3 is 10.1 Å². The second-order valence-electron chi connectivity index (χ2n) is 6.44. The number of rotatable bonds is 6. The largest absolute Gasteiger partial charge is 0.438 e. The molecule has 0 unspecified atom stereocenters. The summed E-state index contributed by atoms with van der Waals surface area (Å²) in [6.07, 6.45) is 1.49. The molecular formula is C21H19N3O4. The lowest BCUT2D eigenvalue weighted by atomic mass is 10.0. The fraction of sp³-hybridized carbons (Fsp3) is 0.143. The zero-order valence-electron chi connectivity index (χ0n) is 15.5. The molecule has 1 heterocycles. The van der Waals surface area contributed by atoms with E-state index in [-0.39, 0.29) is 28.8 Å². The standard InChI is InChI=1S/C21H19N3O4/c1-14(2)15-8-10-16(11-9-15)23-20(25)19-7-4-12-22-21(19)28-18-6-3-5-17(13-18)24(26)27/h3-14H,1-2H3,(H,23,25). The van der Waals surface area contributed by atoms with E-state index < -0.39 is 4.92 Å². The minimum atomic E-state index is -0.514. The fourth-order valence-corrected chi connectivity index (χ4v) is 2.57. The van der Waals surface area contributed by atoms with Crippen molar-refractivity contribution in [3.63, 3.8) is 0 Å². The molecule has 0 spiro atoms. The predicted molar refractivity (Wildman–Crippen MR) is 106 cm³/mol. The van der Waals surface area contributed by atoms with Gasteiger partial charge in [0.25, 0.3) is 11.6 Å². The molecule has 0 aliphatic heterocycles. The third-order valence-electron chi connectivity index (χ3n) is 4.09. The van der Waals surface area contributed by atoms with E-state index in [1.54, 1.807) is 18.2 Å². The Morgan fingerprint density at radius 1 is 1.11 bits per heavy atom. The minimum Gasteiger partial charge on any atom is -0.438 e. The number of amides is 1. The van der Waals surface area contributed by atoms with Gasteiger partial charge in [0.1, 0.15) is 11.3 Å². The van der Waals surface area contributed by atoms with Crippen LogP contribution in [-0.4, -0.2) is 15.8 Å². The van der Waals surface area contributed by atoms with Gasteiger partial charge in [0, 0.05) is 18.0 Å². The number of nitrogens with one attached hydrogen (secondary N) is 1. The molecule has 0 atom stereocenters. The number of nitrogens with zero attached hydrogens (tertiary/aromatic N) is 2. The molecule has 1 amide bonds. The quantitative estimate of drug-likeness (QED) is 0.473. The summed E-state index contributed by atoms with van der Waals surface area (Å²) in [5, 5.41) is 13.7. The van der Waals surface area contributed by atoms with E-state index in [1.165, 1.54) is 30.0 Å². The van der Waals surface area contributed by atoms with E-state index in [1.807, 2.05) is 24.3 Å². The van der Waals surface area contributed by atoms with E-state index in [9.17, 15) is 14.9 Å². The van der Waals surface area contributed by atoms with Crippen LogP contribution in [0.25, 0.3) is 0 Å². The van der Waals surface area contributed by atoms with E-state index in [0.29, 0.717) is 11.6 Å². The van der Waals surface area contributed by atoms with Crippen LogP contribution in [-0.2, 0) is 0 Å². The predicted octanol–water partition coefficient (Wildman–Crippen LogP) is 5.16. The van der Waals surface area contributed by atoms with Crippen LogP contribution in [0.15, 0.2) is 66.9 Å². The number of nitro groups is 1. The summed E-state index contributed by atoms with van der Waals surface area (Å²) >= 11 is 0. The minimum absolute atomic E-state index is 0.0688. The molecular weight excluding hydrogens is 358 g/mol.